The van der Waals surface area contributed by atoms with Gasteiger partial charge in [-0.3, -0.25) is 0 Å². The molecule has 0 saturated heterocycles. The standard InChI is InChI=1S/C22H20O2/c1-3-17-13-14-21(23-2)20(15-17)19-11-7-8-12-22(19)24-16-18-9-5-4-6-10-18/h3-15H,1,16H2,2H3. The Labute approximate surface area is 143 Å². The molecule has 0 N–H and O–H groups in total. The fourth-order valence-electron chi connectivity index (χ4n) is 2.61. The Balaban J connectivity index is 1.96. The Kier molecular flexibility index (Phi) is 4.97. The minimum atomic E-state index is 0.529. The van der Waals surface area contributed by atoms with Crippen molar-refractivity contribution in [3.8, 4) is 22.6 Å². The molecule has 24 heavy (non-hydrogen) atoms. The lowest BCUT2D eigenvalue weighted by Crippen LogP contribution is -1.97. The van der Waals surface area contributed by atoms with E-state index in [0.717, 1.165) is 33.8 Å². The van der Waals surface area contributed by atoms with Gasteiger partial charge in [-0.05, 0) is 29.3 Å². The minimum Gasteiger partial charge on any atom is -0.496 e. The van der Waals surface area contributed by atoms with Crippen LogP contribution in [-0.2, 0) is 6.61 Å². The van der Waals surface area contributed by atoms with Gasteiger partial charge in [0.15, 0.2) is 0 Å². The van der Waals surface area contributed by atoms with Gasteiger partial charge in [0.25, 0.3) is 0 Å². The fourth-order valence-corrected chi connectivity index (χ4v) is 2.61. The number of methoxy groups -OCH3 is 1. The van der Waals surface area contributed by atoms with Gasteiger partial charge in [0.05, 0.1) is 7.11 Å². The van der Waals surface area contributed by atoms with Crippen LogP contribution < -0.4 is 9.47 Å². The summed E-state index contributed by atoms with van der Waals surface area (Å²) in [5.41, 5.74) is 4.19. The number of para-hydroxylation sites is 1. The number of hydrogen-bond acceptors (Lipinski definition) is 2. The van der Waals surface area contributed by atoms with Gasteiger partial charge in [-0.2, -0.15) is 0 Å². The second kappa shape index (κ2) is 7.51. The first-order valence-electron chi connectivity index (χ1n) is 7.88. The van der Waals surface area contributed by atoms with Crippen molar-refractivity contribution < 1.29 is 9.47 Å². The molecule has 0 radical (unpaired) electrons. The highest BCUT2D eigenvalue weighted by Gasteiger charge is 2.11. The predicted octanol–water partition coefficient (Wildman–Crippen LogP) is 5.58. The summed E-state index contributed by atoms with van der Waals surface area (Å²) >= 11 is 0. The molecular weight excluding hydrogens is 296 g/mol. The van der Waals surface area contributed by atoms with Crippen LogP contribution in [0.25, 0.3) is 17.2 Å². The highest BCUT2D eigenvalue weighted by atomic mass is 16.5. The zero-order valence-corrected chi connectivity index (χ0v) is 13.7. The van der Waals surface area contributed by atoms with E-state index in [1.165, 1.54) is 0 Å². The van der Waals surface area contributed by atoms with Crippen molar-refractivity contribution in [2.45, 2.75) is 6.61 Å². The summed E-state index contributed by atoms with van der Waals surface area (Å²) in [4.78, 5) is 0. The van der Waals surface area contributed by atoms with Crippen LogP contribution in [-0.4, -0.2) is 7.11 Å². The Morgan fingerprint density at radius 1 is 0.833 bits per heavy atom. The SMILES string of the molecule is C=Cc1ccc(OC)c(-c2ccccc2OCc2ccccc2)c1. The van der Waals surface area contributed by atoms with Crippen LogP contribution >= 0.6 is 0 Å². The molecule has 2 nitrogen and oxygen atoms in total. The second-order valence-electron chi connectivity index (χ2n) is 5.43. The molecule has 0 aliphatic heterocycles. The summed E-state index contributed by atoms with van der Waals surface area (Å²) in [7, 11) is 1.68. The molecule has 120 valence electrons. The van der Waals surface area contributed by atoms with Crippen molar-refractivity contribution >= 4 is 6.08 Å². The molecule has 0 spiro atoms. The minimum absolute atomic E-state index is 0.529. The van der Waals surface area contributed by atoms with Gasteiger partial charge < -0.3 is 9.47 Å². The average Bonchev–Trinajstić information content (AvgIpc) is 2.67. The van der Waals surface area contributed by atoms with Gasteiger partial charge in [-0.1, -0.05) is 67.3 Å². The van der Waals surface area contributed by atoms with Crippen molar-refractivity contribution in [1.29, 1.82) is 0 Å². The van der Waals surface area contributed by atoms with E-state index in [4.69, 9.17) is 9.47 Å². The van der Waals surface area contributed by atoms with Crippen molar-refractivity contribution in [3.63, 3.8) is 0 Å². The summed E-state index contributed by atoms with van der Waals surface area (Å²) < 4.78 is 11.6. The third-order valence-electron chi connectivity index (χ3n) is 3.87. The molecule has 0 aliphatic carbocycles. The first kappa shape index (κ1) is 15.9. The van der Waals surface area contributed by atoms with E-state index < -0.39 is 0 Å². The molecular formula is C22H20O2. The average molecular weight is 316 g/mol. The van der Waals surface area contributed by atoms with Crippen molar-refractivity contribution in [3.05, 3.63) is 90.5 Å². The van der Waals surface area contributed by atoms with Gasteiger partial charge in [0, 0.05) is 11.1 Å². The van der Waals surface area contributed by atoms with Gasteiger partial charge in [0.1, 0.15) is 18.1 Å². The lowest BCUT2D eigenvalue weighted by atomic mass is 10.0. The highest BCUT2D eigenvalue weighted by molar-refractivity contribution is 5.78. The van der Waals surface area contributed by atoms with Crippen molar-refractivity contribution in [1.82, 2.24) is 0 Å². The van der Waals surface area contributed by atoms with Crippen molar-refractivity contribution in [2.75, 3.05) is 7.11 Å². The number of benzene rings is 3. The molecule has 3 aromatic rings. The van der Waals surface area contributed by atoms with E-state index in [-0.39, 0.29) is 0 Å². The van der Waals surface area contributed by atoms with Gasteiger partial charge in [0.2, 0.25) is 0 Å². The van der Waals surface area contributed by atoms with Crippen LogP contribution in [0.4, 0.5) is 0 Å². The quantitative estimate of drug-likeness (QED) is 0.590. The van der Waals surface area contributed by atoms with Crippen LogP contribution in [0.5, 0.6) is 11.5 Å². The maximum Gasteiger partial charge on any atom is 0.127 e. The zero-order valence-electron chi connectivity index (χ0n) is 13.7. The van der Waals surface area contributed by atoms with Crippen LogP contribution in [0.1, 0.15) is 11.1 Å². The largest absolute Gasteiger partial charge is 0.496 e. The first-order chi connectivity index (χ1) is 11.8. The molecule has 0 fully saturated rings. The van der Waals surface area contributed by atoms with Gasteiger partial charge in [-0.25, -0.2) is 0 Å². The molecule has 0 bridgehead atoms. The molecule has 0 aromatic heterocycles. The smallest absolute Gasteiger partial charge is 0.127 e. The maximum absolute atomic E-state index is 6.07. The molecule has 0 heterocycles. The summed E-state index contributed by atoms with van der Waals surface area (Å²) in [6.07, 6.45) is 1.83. The van der Waals surface area contributed by atoms with E-state index in [1.54, 1.807) is 7.11 Å². The molecule has 2 heteroatoms. The van der Waals surface area contributed by atoms with Crippen LogP contribution in [0.2, 0.25) is 0 Å². The van der Waals surface area contributed by atoms with Crippen LogP contribution in [0, 0.1) is 0 Å². The fraction of sp³-hybridized carbons (Fsp3) is 0.0909. The van der Waals surface area contributed by atoms with E-state index in [9.17, 15) is 0 Å². The highest BCUT2D eigenvalue weighted by Crippen LogP contribution is 2.37. The Morgan fingerprint density at radius 2 is 1.58 bits per heavy atom. The number of hydrogen-bond donors (Lipinski definition) is 0. The molecule has 0 unspecified atom stereocenters. The molecule has 3 aromatic carbocycles. The molecule has 0 aliphatic rings. The molecule has 0 saturated carbocycles. The normalized spacial score (nSPS) is 10.2. The number of rotatable bonds is 6. The zero-order chi connectivity index (χ0) is 16.8. The van der Waals surface area contributed by atoms with E-state index in [1.807, 2.05) is 60.7 Å². The lowest BCUT2D eigenvalue weighted by Gasteiger charge is -2.15. The van der Waals surface area contributed by atoms with E-state index in [2.05, 4.69) is 24.8 Å². The third-order valence-corrected chi connectivity index (χ3v) is 3.87. The Bertz CT molecular complexity index is 822. The number of ether oxygens (including phenoxy) is 2. The second-order valence-corrected chi connectivity index (χ2v) is 5.43. The van der Waals surface area contributed by atoms with Gasteiger partial charge >= 0.3 is 0 Å². The van der Waals surface area contributed by atoms with Crippen LogP contribution in [0.3, 0.4) is 0 Å². The Morgan fingerprint density at radius 3 is 2.33 bits per heavy atom. The van der Waals surface area contributed by atoms with E-state index >= 15 is 0 Å². The predicted molar refractivity (Wildman–Crippen MR) is 99.3 cm³/mol. The van der Waals surface area contributed by atoms with Gasteiger partial charge in [-0.15, -0.1) is 0 Å². The molecule has 0 amide bonds. The Hall–Kier alpha value is -3.00. The van der Waals surface area contributed by atoms with Crippen LogP contribution in [0.15, 0.2) is 79.4 Å². The molecule has 0 atom stereocenters. The third kappa shape index (κ3) is 3.49. The topological polar surface area (TPSA) is 18.5 Å². The summed E-state index contributed by atoms with van der Waals surface area (Å²) in [5, 5.41) is 0. The monoisotopic (exact) mass is 316 g/mol. The summed E-state index contributed by atoms with van der Waals surface area (Å²) in [5.74, 6) is 1.65. The maximum atomic E-state index is 6.07. The summed E-state index contributed by atoms with van der Waals surface area (Å²) in [6, 6.07) is 24.2. The van der Waals surface area contributed by atoms with E-state index in [0.29, 0.717) is 6.61 Å². The first-order valence-corrected chi connectivity index (χ1v) is 7.88. The van der Waals surface area contributed by atoms with Crippen molar-refractivity contribution in [2.24, 2.45) is 0 Å². The lowest BCUT2D eigenvalue weighted by molar-refractivity contribution is 0.307. The molecule has 3 rings (SSSR count). The summed E-state index contributed by atoms with van der Waals surface area (Å²) in [6.45, 7) is 4.38.